The van der Waals surface area contributed by atoms with Crippen molar-refractivity contribution in [1.82, 2.24) is 0 Å². The van der Waals surface area contributed by atoms with Crippen LogP contribution in [0.3, 0.4) is 0 Å². The molecule has 0 spiro atoms. The van der Waals surface area contributed by atoms with Gasteiger partial charge in [0.25, 0.3) is 0 Å². The summed E-state index contributed by atoms with van der Waals surface area (Å²) in [5.74, 6) is 0. The van der Waals surface area contributed by atoms with Crippen LogP contribution in [0.15, 0.2) is 77.9 Å². The van der Waals surface area contributed by atoms with Crippen molar-refractivity contribution in [3.8, 4) is 0 Å². The molecule has 3 aromatic rings. The van der Waals surface area contributed by atoms with Gasteiger partial charge in [-0.05, 0) is 17.8 Å². The Hall–Kier alpha value is -1.31. The van der Waals surface area contributed by atoms with Gasteiger partial charge in [0, 0.05) is 0 Å². The predicted octanol–water partition coefficient (Wildman–Crippen LogP) is 0.758. The predicted molar refractivity (Wildman–Crippen MR) is 123 cm³/mol. The molecule has 3 aromatic carbocycles. The molecule has 1 aliphatic rings. The zero-order valence-electron chi connectivity index (χ0n) is 17.9. The molecule has 0 saturated carbocycles. The average Bonchev–Trinajstić information content (AvgIpc) is 3.27. The van der Waals surface area contributed by atoms with Crippen LogP contribution in [0.5, 0.6) is 0 Å². The molecule has 4 rings (SSSR count). The Morgan fingerprint density at radius 1 is 1.00 bits per heavy atom. The summed E-state index contributed by atoms with van der Waals surface area (Å²) in [6.07, 6.45) is 10.5. The molecule has 0 heterocycles. The number of hydrogen-bond acceptors (Lipinski definition) is 0. The van der Waals surface area contributed by atoms with Crippen molar-refractivity contribution in [2.24, 2.45) is 0 Å². The molecule has 0 nitrogen and oxygen atoms in total. The summed E-state index contributed by atoms with van der Waals surface area (Å²) in [6, 6.07) is 21.8. The van der Waals surface area contributed by atoms with E-state index in [1.807, 2.05) is 0 Å². The number of rotatable bonds is 5. The van der Waals surface area contributed by atoms with Crippen LogP contribution < -0.4 is 20.0 Å². The maximum absolute atomic E-state index is 3.37. The maximum atomic E-state index is 3.37. The minimum atomic E-state index is 0. The fraction of sp³-hybridized carbons (Fsp3) is 0.269. The monoisotopic (exact) mass is 590 g/mol. The van der Waals surface area contributed by atoms with E-state index in [0.717, 1.165) is 15.0 Å². The van der Waals surface area contributed by atoms with Crippen LogP contribution in [0.4, 0.5) is 0 Å². The maximum Gasteiger partial charge on any atom is 4.00 e. The molecule has 0 saturated heterocycles. The van der Waals surface area contributed by atoms with Crippen LogP contribution in [0.25, 0.3) is 10.8 Å². The fourth-order valence-electron chi connectivity index (χ4n) is 3.32. The molecule has 0 amide bonds. The van der Waals surface area contributed by atoms with Gasteiger partial charge in [0.15, 0.2) is 0 Å². The Bertz CT molecular complexity index is 923. The van der Waals surface area contributed by atoms with Crippen LogP contribution in [0.1, 0.15) is 45.1 Å². The van der Waals surface area contributed by atoms with Crippen LogP contribution in [-0.4, -0.2) is 0 Å². The van der Waals surface area contributed by atoms with E-state index < -0.39 is 0 Å². The molecule has 1 atom stereocenters. The van der Waals surface area contributed by atoms with Gasteiger partial charge in [-0.3, -0.25) is 6.08 Å². The Morgan fingerprint density at radius 2 is 1.70 bits per heavy atom. The first-order valence-corrected chi connectivity index (χ1v) is 10.9. The fourth-order valence-corrected chi connectivity index (χ4v) is 4.55. The Kier molecular flexibility index (Phi) is 14.0. The van der Waals surface area contributed by atoms with Gasteiger partial charge in [-0.25, -0.2) is 11.1 Å². The smallest absolute Gasteiger partial charge is 1.00 e. The van der Waals surface area contributed by atoms with Crippen LogP contribution >= 0.6 is 8.58 Å². The van der Waals surface area contributed by atoms with E-state index in [0.29, 0.717) is 0 Å². The van der Waals surface area contributed by atoms with Gasteiger partial charge in [-0.15, -0.1) is 53.7 Å². The number of benzene rings is 2. The van der Waals surface area contributed by atoms with E-state index in [2.05, 4.69) is 93.6 Å². The van der Waals surface area contributed by atoms with E-state index in [1.54, 1.807) is 0 Å². The Morgan fingerprint density at radius 3 is 2.33 bits per heavy atom. The van der Waals surface area contributed by atoms with Gasteiger partial charge >= 0.3 is 25.8 Å². The third kappa shape index (κ3) is 8.08. The number of aryl methyl sites for hydroxylation is 1. The van der Waals surface area contributed by atoms with Gasteiger partial charge in [0.1, 0.15) is 0 Å². The van der Waals surface area contributed by atoms with Crippen molar-refractivity contribution in [2.45, 2.75) is 46.5 Å². The number of unbranched alkanes of at least 4 members (excludes halogenated alkanes) is 1. The van der Waals surface area contributed by atoms with Crippen LogP contribution in [0, 0.1) is 13.0 Å². The van der Waals surface area contributed by atoms with E-state index in [9.17, 15) is 0 Å². The van der Waals surface area contributed by atoms with Gasteiger partial charge in [-0.2, -0.15) is 12.1 Å². The zero-order valence-corrected chi connectivity index (χ0v) is 22.5. The summed E-state index contributed by atoms with van der Waals surface area (Å²) in [7, 11) is 0.759. The molecule has 1 unspecified atom stereocenters. The van der Waals surface area contributed by atoms with Gasteiger partial charge in [-0.1, -0.05) is 65.1 Å². The van der Waals surface area contributed by atoms with Crippen molar-refractivity contribution in [3.63, 3.8) is 0 Å². The average molecular weight is 589 g/mol. The normalized spacial score (nSPS) is 12.2. The number of halogens is 2. The topological polar surface area (TPSA) is 0 Å². The molecular formula is C26H29F2HfP. The third-order valence-electron chi connectivity index (χ3n) is 5.02. The molecular weight excluding hydrogens is 560 g/mol. The molecule has 0 fully saturated rings. The Labute approximate surface area is 200 Å². The van der Waals surface area contributed by atoms with E-state index in [4.69, 9.17) is 0 Å². The molecule has 0 bridgehead atoms. The molecule has 156 valence electrons. The Balaban J connectivity index is 0.000000569. The standard InChI is InChI=1S/C16H14P.C10H15.2FH.Hf/c1-12-6-2-5-9-16(12)17-15-10-13-7-3-4-8-14(13)11-15;1-3-4-7-10-8-5-6-9(10)2;;;/h2-11,17H,1H3;6H,3-5,7H2,1-2H3;2*1H;/q2*-1;;;+4/p-2. The zero-order chi connectivity index (χ0) is 19.1. The van der Waals surface area contributed by atoms with Gasteiger partial charge in [0.05, 0.1) is 0 Å². The first kappa shape index (κ1) is 28.7. The van der Waals surface area contributed by atoms with Crippen LogP contribution in [0.2, 0.25) is 0 Å². The van der Waals surface area contributed by atoms with Crippen molar-refractivity contribution in [1.29, 1.82) is 0 Å². The van der Waals surface area contributed by atoms with Gasteiger partial charge < -0.3 is 9.41 Å². The molecule has 0 N–H and O–H groups in total. The molecule has 0 aromatic heterocycles. The molecule has 30 heavy (non-hydrogen) atoms. The van der Waals surface area contributed by atoms with Crippen molar-refractivity contribution in [2.75, 3.05) is 0 Å². The molecule has 0 aliphatic heterocycles. The molecule has 0 radical (unpaired) electrons. The summed E-state index contributed by atoms with van der Waals surface area (Å²) in [6.45, 7) is 6.60. The minimum Gasteiger partial charge on any atom is -1.00 e. The molecule has 1 aliphatic carbocycles. The SMILES string of the molecule is CCCCC1=[C-]CC=C1C.Cc1ccccc1Pc1cc2ccccc2[cH-]1.[F-].[F-].[Hf+4]. The summed E-state index contributed by atoms with van der Waals surface area (Å²) in [4.78, 5) is 0. The summed E-state index contributed by atoms with van der Waals surface area (Å²) in [5.41, 5.74) is 4.30. The van der Waals surface area contributed by atoms with E-state index >= 15 is 0 Å². The largest absolute Gasteiger partial charge is 4.00 e. The number of allylic oxidation sites excluding steroid dienone is 4. The van der Waals surface area contributed by atoms with Crippen LogP contribution in [-0.2, 0) is 25.8 Å². The summed E-state index contributed by atoms with van der Waals surface area (Å²) < 4.78 is 0. The van der Waals surface area contributed by atoms with E-state index in [1.165, 1.54) is 57.4 Å². The van der Waals surface area contributed by atoms with E-state index in [-0.39, 0.29) is 35.3 Å². The number of hydrogen-bond donors (Lipinski definition) is 0. The van der Waals surface area contributed by atoms with Crippen molar-refractivity contribution >= 4 is 30.0 Å². The third-order valence-corrected chi connectivity index (χ3v) is 6.43. The van der Waals surface area contributed by atoms with Gasteiger partial charge in [0.2, 0.25) is 0 Å². The second-order valence-electron chi connectivity index (χ2n) is 7.16. The number of fused-ring (bicyclic) bond motifs is 1. The minimum absolute atomic E-state index is 0. The summed E-state index contributed by atoms with van der Waals surface area (Å²) >= 11 is 0. The molecule has 4 heteroatoms. The first-order valence-electron chi connectivity index (χ1n) is 9.92. The van der Waals surface area contributed by atoms with Crippen molar-refractivity contribution in [3.05, 3.63) is 89.5 Å². The summed E-state index contributed by atoms with van der Waals surface area (Å²) in [5, 5.41) is 5.58. The first-order chi connectivity index (χ1) is 13.2. The quantitative estimate of drug-likeness (QED) is 0.235. The second kappa shape index (κ2) is 14.7. The van der Waals surface area contributed by atoms with Crippen molar-refractivity contribution < 1.29 is 35.3 Å². The second-order valence-corrected chi connectivity index (χ2v) is 8.53.